The fourth-order valence-corrected chi connectivity index (χ4v) is 8.03. The normalized spacial score (nSPS) is 22.6. The van der Waals surface area contributed by atoms with Gasteiger partial charge in [0.05, 0.1) is 42.2 Å². The summed E-state index contributed by atoms with van der Waals surface area (Å²) in [4.78, 5) is 17.7. The number of carbonyl (C=O) groups is 1. The summed E-state index contributed by atoms with van der Waals surface area (Å²) in [5, 5.41) is -0.871. The largest absolute Gasteiger partial charge is 0.496 e. The molecule has 2 aliphatic rings. The van der Waals surface area contributed by atoms with Crippen LogP contribution in [0.1, 0.15) is 16.7 Å². The Labute approximate surface area is 206 Å². The summed E-state index contributed by atoms with van der Waals surface area (Å²) in [6, 6.07) is 6.57. The highest BCUT2D eigenvalue weighted by molar-refractivity contribution is 8.16. The first-order chi connectivity index (χ1) is 16.7. The molecule has 2 aromatic carbocycles. The Morgan fingerprint density at radius 1 is 1.06 bits per heavy atom. The zero-order valence-corrected chi connectivity index (χ0v) is 20.1. The van der Waals surface area contributed by atoms with Gasteiger partial charge in [-0.2, -0.15) is 31.3 Å². The van der Waals surface area contributed by atoms with Gasteiger partial charge in [0, 0.05) is 16.5 Å². The molecule has 0 saturated carbocycles. The minimum atomic E-state index is -5.10. The van der Waals surface area contributed by atoms with Gasteiger partial charge in [-0.05, 0) is 24.3 Å². The van der Waals surface area contributed by atoms with E-state index in [1.54, 1.807) is 24.3 Å². The number of carbonyl (C=O) groups excluding carboxylic acids is 1. The van der Waals surface area contributed by atoms with Crippen molar-refractivity contribution in [3.8, 4) is 5.75 Å². The minimum absolute atomic E-state index is 0.0146. The average Bonchev–Trinajstić information content (AvgIpc) is 3.22. The predicted octanol–water partition coefficient (Wildman–Crippen LogP) is 4.58. The number of nitrogens with zero attached hydrogens (tertiary/aromatic N) is 2. The van der Waals surface area contributed by atoms with Crippen molar-refractivity contribution in [2.75, 3.05) is 23.5 Å². The summed E-state index contributed by atoms with van der Waals surface area (Å²) in [6.45, 7) is 0. The number of halogens is 6. The molecule has 14 heteroatoms. The number of ether oxygens (including phenoxy) is 1. The molecule has 36 heavy (non-hydrogen) atoms. The van der Waals surface area contributed by atoms with Crippen molar-refractivity contribution in [2.45, 2.75) is 30.1 Å². The average molecular weight is 553 g/mol. The Kier molecular flexibility index (Phi) is 6.79. The number of anilines is 1. The van der Waals surface area contributed by atoms with Crippen LogP contribution in [0.15, 0.2) is 47.5 Å². The van der Waals surface area contributed by atoms with Gasteiger partial charge in [0.15, 0.2) is 15.0 Å². The lowest BCUT2D eigenvalue weighted by Gasteiger charge is -2.26. The number of hydrogen-bond donors (Lipinski definition) is 0. The fraction of sp³-hybridized carbons (Fsp3) is 0.364. The molecule has 2 fully saturated rings. The second-order valence-electron chi connectivity index (χ2n) is 8.21. The topological polar surface area (TPSA) is 76.0 Å². The van der Waals surface area contributed by atoms with E-state index in [4.69, 9.17) is 4.74 Å². The molecule has 2 aliphatic heterocycles. The Bertz CT molecular complexity index is 1290. The summed E-state index contributed by atoms with van der Waals surface area (Å²) in [5.41, 5.74) is -3.18. The molecular weight excluding hydrogens is 534 g/mol. The van der Waals surface area contributed by atoms with Crippen LogP contribution in [0.4, 0.5) is 32.0 Å². The first-order valence-corrected chi connectivity index (χ1v) is 13.1. The van der Waals surface area contributed by atoms with Crippen molar-refractivity contribution in [2.24, 2.45) is 4.99 Å². The van der Waals surface area contributed by atoms with E-state index in [0.717, 1.165) is 16.7 Å². The SMILES string of the molecule is COc1ccccc1CC(=O)N=C1SC2CS(=O)(=O)CC2N1c1cc(C(F)(F)F)cc(C(F)(F)F)c1. The summed E-state index contributed by atoms with van der Waals surface area (Å²) >= 11 is 0.844. The number of thioether (sulfide) groups is 1. The van der Waals surface area contributed by atoms with Crippen molar-refractivity contribution < 1.29 is 44.3 Å². The number of amides is 1. The number of hydrogen-bond acceptors (Lipinski definition) is 5. The van der Waals surface area contributed by atoms with Crippen LogP contribution >= 0.6 is 11.8 Å². The molecule has 0 aromatic heterocycles. The van der Waals surface area contributed by atoms with Gasteiger partial charge in [0.2, 0.25) is 0 Å². The van der Waals surface area contributed by atoms with Crippen LogP contribution in [-0.4, -0.2) is 49.4 Å². The number of alkyl halides is 6. The minimum Gasteiger partial charge on any atom is -0.496 e. The molecule has 0 radical (unpaired) electrons. The van der Waals surface area contributed by atoms with Crippen LogP contribution < -0.4 is 9.64 Å². The Morgan fingerprint density at radius 3 is 2.25 bits per heavy atom. The van der Waals surface area contributed by atoms with E-state index >= 15 is 0 Å². The zero-order chi connectivity index (χ0) is 26.5. The van der Waals surface area contributed by atoms with Gasteiger partial charge < -0.3 is 9.64 Å². The zero-order valence-electron chi connectivity index (χ0n) is 18.4. The van der Waals surface area contributed by atoms with E-state index in [9.17, 15) is 39.6 Å². The molecule has 0 N–H and O–H groups in total. The molecule has 194 valence electrons. The number of sulfone groups is 1. The highest BCUT2D eigenvalue weighted by atomic mass is 32.2. The van der Waals surface area contributed by atoms with Crippen LogP contribution in [0.5, 0.6) is 5.75 Å². The van der Waals surface area contributed by atoms with Crippen LogP contribution in [0.25, 0.3) is 0 Å². The third kappa shape index (κ3) is 5.48. The molecule has 6 nitrogen and oxygen atoms in total. The van der Waals surface area contributed by atoms with Crippen molar-refractivity contribution >= 4 is 38.4 Å². The summed E-state index contributed by atoms with van der Waals surface area (Å²) < 4.78 is 110. The number of aliphatic imine (C=N–C) groups is 1. The van der Waals surface area contributed by atoms with Gasteiger partial charge in [0.1, 0.15) is 5.75 Å². The number of benzene rings is 2. The lowest BCUT2D eigenvalue weighted by molar-refractivity contribution is -0.143. The van der Waals surface area contributed by atoms with E-state index < -0.39 is 62.0 Å². The molecule has 0 aliphatic carbocycles. The fourth-order valence-electron chi connectivity index (χ4n) is 4.10. The highest BCUT2D eigenvalue weighted by Gasteiger charge is 2.50. The van der Waals surface area contributed by atoms with Crippen LogP contribution in [0.3, 0.4) is 0 Å². The van der Waals surface area contributed by atoms with E-state index in [-0.39, 0.29) is 23.4 Å². The maximum atomic E-state index is 13.5. The maximum absolute atomic E-state index is 13.5. The van der Waals surface area contributed by atoms with Gasteiger partial charge in [-0.1, -0.05) is 30.0 Å². The number of rotatable bonds is 4. The smallest absolute Gasteiger partial charge is 0.416 e. The first-order valence-electron chi connectivity index (χ1n) is 10.4. The monoisotopic (exact) mass is 552 g/mol. The van der Waals surface area contributed by atoms with E-state index in [0.29, 0.717) is 23.4 Å². The van der Waals surface area contributed by atoms with Crippen LogP contribution in [-0.2, 0) is 33.4 Å². The molecule has 1 amide bonds. The number of methoxy groups -OCH3 is 1. The quantitative estimate of drug-likeness (QED) is 0.518. The van der Waals surface area contributed by atoms with Gasteiger partial charge in [0.25, 0.3) is 5.91 Å². The third-order valence-electron chi connectivity index (χ3n) is 5.67. The molecule has 2 atom stereocenters. The van der Waals surface area contributed by atoms with Gasteiger partial charge in [-0.3, -0.25) is 4.79 Å². The summed E-state index contributed by atoms with van der Waals surface area (Å²) in [6.07, 6.45) is -10.4. The third-order valence-corrected chi connectivity index (χ3v) is 8.88. The van der Waals surface area contributed by atoms with Crippen LogP contribution in [0.2, 0.25) is 0 Å². The van der Waals surface area contributed by atoms with Crippen molar-refractivity contribution in [1.29, 1.82) is 0 Å². The van der Waals surface area contributed by atoms with E-state index in [1.165, 1.54) is 7.11 Å². The van der Waals surface area contributed by atoms with E-state index in [2.05, 4.69) is 4.99 Å². The maximum Gasteiger partial charge on any atom is 0.416 e. The molecule has 0 bridgehead atoms. The predicted molar refractivity (Wildman–Crippen MR) is 122 cm³/mol. The molecule has 4 rings (SSSR count). The van der Waals surface area contributed by atoms with Gasteiger partial charge in [-0.25, -0.2) is 8.42 Å². The van der Waals surface area contributed by atoms with Gasteiger partial charge in [-0.15, -0.1) is 0 Å². The highest BCUT2D eigenvalue weighted by Crippen LogP contribution is 2.44. The summed E-state index contributed by atoms with van der Waals surface area (Å²) in [7, 11) is -2.20. The standard InChI is InChI=1S/C22H18F6N2O4S2/c1-34-17-5-3-2-4-12(17)6-19(31)29-20-30(16-10-36(32,33)11-18(16)35-20)15-8-13(21(23,24)25)7-14(9-15)22(26,27)28/h2-5,7-9,16,18H,6,10-11H2,1H3. The molecule has 2 saturated heterocycles. The number of para-hydroxylation sites is 1. The lowest BCUT2D eigenvalue weighted by atomic mass is 10.1. The van der Waals surface area contributed by atoms with Crippen molar-refractivity contribution in [3.63, 3.8) is 0 Å². The molecule has 0 spiro atoms. The van der Waals surface area contributed by atoms with Crippen molar-refractivity contribution in [1.82, 2.24) is 0 Å². The lowest BCUT2D eigenvalue weighted by Crippen LogP contribution is -2.38. The van der Waals surface area contributed by atoms with Crippen LogP contribution in [0, 0.1) is 0 Å². The summed E-state index contributed by atoms with van der Waals surface area (Å²) in [5.74, 6) is -1.17. The first kappa shape index (κ1) is 26.3. The van der Waals surface area contributed by atoms with Gasteiger partial charge >= 0.3 is 12.4 Å². The Balaban J connectivity index is 1.78. The Morgan fingerprint density at radius 2 is 1.67 bits per heavy atom. The second-order valence-corrected chi connectivity index (χ2v) is 11.6. The molecule has 2 unspecified atom stereocenters. The van der Waals surface area contributed by atoms with E-state index in [1.807, 2.05) is 0 Å². The second kappa shape index (κ2) is 9.29. The number of fused-ring (bicyclic) bond motifs is 1. The van der Waals surface area contributed by atoms with Crippen molar-refractivity contribution in [3.05, 3.63) is 59.2 Å². The Hall–Kier alpha value is -2.74. The molecule has 2 heterocycles. The molecule has 2 aromatic rings. The molecular formula is C22H18F6N2O4S2. The number of amidine groups is 1.